The summed E-state index contributed by atoms with van der Waals surface area (Å²) in [6.07, 6.45) is 0. The number of halogens is 1. The SMILES string of the molecule is CCN(Cc1ccc(N(C)C)cc1)C(=O)c1csc(I)c1. The third-order valence-corrected chi connectivity index (χ3v) is 5.10. The lowest BCUT2D eigenvalue weighted by Crippen LogP contribution is -2.30. The Balaban J connectivity index is 2.10. The van der Waals surface area contributed by atoms with Crippen LogP contribution >= 0.6 is 33.9 Å². The van der Waals surface area contributed by atoms with E-state index in [0.717, 1.165) is 14.0 Å². The first-order valence-electron chi connectivity index (χ1n) is 6.81. The molecule has 112 valence electrons. The van der Waals surface area contributed by atoms with Gasteiger partial charge in [0.2, 0.25) is 0 Å². The zero-order valence-electron chi connectivity index (χ0n) is 12.5. The summed E-state index contributed by atoms with van der Waals surface area (Å²) in [5, 5.41) is 1.93. The van der Waals surface area contributed by atoms with E-state index in [2.05, 4.69) is 51.8 Å². The minimum atomic E-state index is 0.105. The summed E-state index contributed by atoms with van der Waals surface area (Å²) in [6, 6.07) is 10.3. The largest absolute Gasteiger partial charge is 0.378 e. The van der Waals surface area contributed by atoms with Gasteiger partial charge in [-0.1, -0.05) is 12.1 Å². The predicted octanol–water partition coefficient (Wildman–Crippen LogP) is 4.08. The summed E-state index contributed by atoms with van der Waals surface area (Å²) in [4.78, 5) is 16.4. The Kier molecular flexibility index (Phi) is 5.64. The molecule has 2 rings (SSSR count). The predicted molar refractivity (Wildman–Crippen MR) is 98.2 cm³/mol. The van der Waals surface area contributed by atoms with E-state index in [1.165, 1.54) is 5.69 Å². The summed E-state index contributed by atoms with van der Waals surface area (Å²) in [7, 11) is 4.05. The lowest BCUT2D eigenvalue weighted by molar-refractivity contribution is 0.0753. The van der Waals surface area contributed by atoms with E-state index in [4.69, 9.17) is 0 Å². The van der Waals surface area contributed by atoms with Crippen LogP contribution in [0.1, 0.15) is 22.8 Å². The zero-order chi connectivity index (χ0) is 15.4. The summed E-state index contributed by atoms with van der Waals surface area (Å²) < 4.78 is 1.14. The molecule has 0 saturated carbocycles. The van der Waals surface area contributed by atoms with E-state index >= 15 is 0 Å². The van der Waals surface area contributed by atoms with Crippen LogP contribution < -0.4 is 4.90 Å². The molecule has 0 bridgehead atoms. The summed E-state index contributed by atoms with van der Waals surface area (Å²) >= 11 is 3.85. The Bertz CT molecular complexity index is 607. The van der Waals surface area contributed by atoms with Crippen LogP contribution in [0.4, 0.5) is 5.69 Å². The summed E-state index contributed by atoms with van der Waals surface area (Å²) in [6.45, 7) is 3.37. The highest BCUT2D eigenvalue weighted by atomic mass is 127. The molecule has 0 aliphatic heterocycles. The Morgan fingerprint density at radius 2 is 1.90 bits per heavy atom. The quantitative estimate of drug-likeness (QED) is 0.689. The highest BCUT2D eigenvalue weighted by molar-refractivity contribution is 14.1. The number of rotatable bonds is 5. The molecule has 5 heteroatoms. The second kappa shape index (κ2) is 7.26. The normalized spacial score (nSPS) is 10.5. The molecule has 0 aliphatic carbocycles. The smallest absolute Gasteiger partial charge is 0.255 e. The summed E-state index contributed by atoms with van der Waals surface area (Å²) in [5.41, 5.74) is 3.11. The van der Waals surface area contributed by atoms with Crippen molar-refractivity contribution in [2.24, 2.45) is 0 Å². The number of benzene rings is 1. The third-order valence-electron chi connectivity index (χ3n) is 3.31. The number of carbonyl (C=O) groups is 1. The topological polar surface area (TPSA) is 23.6 Å². The van der Waals surface area contributed by atoms with Crippen LogP contribution in [-0.2, 0) is 6.54 Å². The third kappa shape index (κ3) is 4.20. The molecule has 0 N–H and O–H groups in total. The maximum Gasteiger partial charge on any atom is 0.255 e. The first-order valence-corrected chi connectivity index (χ1v) is 8.76. The molecule has 21 heavy (non-hydrogen) atoms. The van der Waals surface area contributed by atoms with Gasteiger partial charge in [0.25, 0.3) is 5.91 Å². The fraction of sp³-hybridized carbons (Fsp3) is 0.312. The van der Waals surface area contributed by atoms with Crippen LogP contribution in [0.15, 0.2) is 35.7 Å². The van der Waals surface area contributed by atoms with Gasteiger partial charge in [-0.05, 0) is 53.3 Å². The summed E-state index contributed by atoms with van der Waals surface area (Å²) in [5.74, 6) is 0.105. The van der Waals surface area contributed by atoms with Crippen molar-refractivity contribution in [2.45, 2.75) is 13.5 Å². The molecule has 0 unspecified atom stereocenters. The fourth-order valence-corrected chi connectivity index (χ4v) is 3.37. The van der Waals surface area contributed by atoms with Crippen LogP contribution in [0.3, 0.4) is 0 Å². The molecule has 1 heterocycles. The first-order chi connectivity index (χ1) is 10.0. The number of nitrogens with zero attached hydrogens (tertiary/aromatic N) is 2. The maximum atomic E-state index is 12.5. The molecule has 1 aromatic carbocycles. The minimum absolute atomic E-state index is 0.105. The van der Waals surface area contributed by atoms with Gasteiger partial charge in [-0.2, -0.15) is 0 Å². The second-order valence-electron chi connectivity index (χ2n) is 5.02. The van der Waals surface area contributed by atoms with Crippen molar-refractivity contribution >= 4 is 45.5 Å². The van der Waals surface area contributed by atoms with Crippen molar-refractivity contribution in [3.8, 4) is 0 Å². The molecular formula is C16H19IN2OS. The number of anilines is 1. The van der Waals surface area contributed by atoms with Crippen molar-refractivity contribution < 1.29 is 4.79 Å². The van der Waals surface area contributed by atoms with Gasteiger partial charge in [-0.25, -0.2) is 0 Å². The van der Waals surface area contributed by atoms with E-state index in [1.807, 2.05) is 37.4 Å². The van der Waals surface area contributed by atoms with Gasteiger partial charge in [0.1, 0.15) is 0 Å². The number of thiophene rings is 1. The molecule has 0 radical (unpaired) electrons. The lowest BCUT2D eigenvalue weighted by atomic mass is 10.1. The number of hydrogen-bond acceptors (Lipinski definition) is 3. The Morgan fingerprint density at radius 1 is 1.24 bits per heavy atom. The molecule has 0 atom stereocenters. The van der Waals surface area contributed by atoms with E-state index in [0.29, 0.717) is 13.1 Å². The maximum absolute atomic E-state index is 12.5. The second-order valence-corrected chi connectivity index (χ2v) is 7.83. The number of carbonyl (C=O) groups excluding carboxylic acids is 1. The molecule has 0 fully saturated rings. The van der Waals surface area contributed by atoms with Gasteiger partial charge in [-0.15, -0.1) is 11.3 Å². The highest BCUT2D eigenvalue weighted by Gasteiger charge is 2.15. The van der Waals surface area contributed by atoms with Crippen LogP contribution in [-0.4, -0.2) is 31.4 Å². The monoisotopic (exact) mass is 414 g/mol. The lowest BCUT2D eigenvalue weighted by Gasteiger charge is -2.21. The molecule has 1 amide bonds. The van der Waals surface area contributed by atoms with E-state index in [9.17, 15) is 4.79 Å². The Morgan fingerprint density at radius 3 is 2.38 bits per heavy atom. The van der Waals surface area contributed by atoms with Crippen molar-refractivity contribution in [1.82, 2.24) is 4.90 Å². The minimum Gasteiger partial charge on any atom is -0.378 e. The average molecular weight is 414 g/mol. The van der Waals surface area contributed by atoms with Gasteiger partial charge >= 0.3 is 0 Å². The molecule has 3 nitrogen and oxygen atoms in total. The van der Waals surface area contributed by atoms with Crippen LogP contribution in [0.5, 0.6) is 0 Å². The van der Waals surface area contributed by atoms with Crippen LogP contribution in [0, 0.1) is 2.88 Å². The number of hydrogen-bond donors (Lipinski definition) is 0. The fourth-order valence-electron chi connectivity index (χ4n) is 2.05. The van der Waals surface area contributed by atoms with E-state index in [1.54, 1.807) is 11.3 Å². The molecule has 1 aromatic heterocycles. The van der Waals surface area contributed by atoms with Crippen LogP contribution in [0.2, 0.25) is 0 Å². The highest BCUT2D eigenvalue weighted by Crippen LogP contribution is 2.19. The van der Waals surface area contributed by atoms with Crippen LogP contribution in [0.25, 0.3) is 0 Å². The Hall–Kier alpha value is -1.08. The molecule has 2 aromatic rings. The van der Waals surface area contributed by atoms with Gasteiger partial charge in [0, 0.05) is 38.3 Å². The van der Waals surface area contributed by atoms with Gasteiger partial charge < -0.3 is 9.80 Å². The van der Waals surface area contributed by atoms with Crippen molar-refractivity contribution in [1.29, 1.82) is 0 Å². The van der Waals surface area contributed by atoms with Crippen molar-refractivity contribution in [3.05, 3.63) is 49.7 Å². The molecule has 0 saturated heterocycles. The van der Waals surface area contributed by atoms with Gasteiger partial charge in [0.15, 0.2) is 0 Å². The van der Waals surface area contributed by atoms with E-state index in [-0.39, 0.29) is 5.91 Å². The molecule has 0 spiro atoms. The van der Waals surface area contributed by atoms with E-state index < -0.39 is 0 Å². The molecule has 0 aliphatic rings. The molecular weight excluding hydrogens is 395 g/mol. The van der Waals surface area contributed by atoms with Gasteiger partial charge in [0.05, 0.1) is 8.45 Å². The van der Waals surface area contributed by atoms with Crippen molar-refractivity contribution in [2.75, 3.05) is 25.5 Å². The van der Waals surface area contributed by atoms with Gasteiger partial charge in [-0.3, -0.25) is 4.79 Å². The van der Waals surface area contributed by atoms with Crippen molar-refractivity contribution in [3.63, 3.8) is 0 Å². The Labute approximate surface area is 143 Å². The number of amides is 1. The average Bonchev–Trinajstić information content (AvgIpc) is 2.91. The zero-order valence-corrected chi connectivity index (χ0v) is 15.4. The first kappa shape index (κ1) is 16.3. The standard InChI is InChI=1S/C16H19IN2OS/c1-4-19(16(20)13-9-15(17)21-11-13)10-12-5-7-14(8-6-12)18(2)3/h5-9,11H,4,10H2,1-3H3.